The highest BCUT2D eigenvalue weighted by Crippen LogP contribution is 2.14. The number of nitrogens with zero attached hydrogens (tertiary/aromatic N) is 4. The van der Waals surface area contributed by atoms with E-state index in [1.165, 1.54) is 0 Å². The Balaban J connectivity index is 1.96. The summed E-state index contributed by atoms with van der Waals surface area (Å²) >= 11 is 0. The lowest BCUT2D eigenvalue weighted by molar-refractivity contribution is -0.0874. The number of aliphatic hydroxyl groups is 1. The Bertz CT molecular complexity index is 394. The summed E-state index contributed by atoms with van der Waals surface area (Å²) < 4.78 is 7.52. The van der Waals surface area contributed by atoms with Crippen LogP contribution in [0, 0.1) is 0 Å². The molecule has 2 atom stereocenters. The minimum Gasteiger partial charge on any atom is -0.390 e. The second-order valence-corrected chi connectivity index (χ2v) is 5.29. The Kier molecular flexibility index (Phi) is 4.90. The maximum atomic E-state index is 10.3. The number of likely N-dealkylation sites (N-methyl/N-ethyl adjacent to an activating group) is 1. The van der Waals surface area contributed by atoms with Crippen LogP contribution in [0.2, 0.25) is 0 Å². The molecule has 0 saturated carbocycles. The number of hydrogen-bond donors (Lipinski definition) is 1. The van der Waals surface area contributed by atoms with Crippen molar-refractivity contribution < 1.29 is 9.84 Å². The van der Waals surface area contributed by atoms with Crippen LogP contribution in [0.5, 0.6) is 0 Å². The molecule has 1 N–H and O–H groups in total. The standard InChI is InChI=1S/C13H24N4O2/c1-4-16-5-6-19-12(8-16)11(18)7-13-14-9-15-17(13)10(2)3/h9-12,18H,4-8H2,1-3H3. The number of ether oxygens (including phenoxy) is 1. The van der Waals surface area contributed by atoms with E-state index in [-0.39, 0.29) is 12.1 Å². The van der Waals surface area contributed by atoms with Gasteiger partial charge in [-0.15, -0.1) is 0 Å². The van der Waals surface area contributed by atoms with E-state index >= 15 is 0 Å². The molecule has 6 nitrogen and oxygen atoms in total. The van der Waals surface area contributed by atoms with E-state index in [0.29, 0.717) is 13.0 Å². The third-order valence-electron chi connectivity index (χ3n) is 3.58. The molecule has 6 heteroatoms. The lowest BCUT2D eigenvalue weighted by atomic mass is 10.1. The lowest BCUT2D eigenvalue weighted by Gasteiger charge is -2.34. The van der Waals surface area contributed by atoms with Crippen molar-refractivity contribution in [2.24, 2.45) is 0 Å². The topological polar surface area (TPSA) is 63.4 Å². The molecule has 0 bridgehead atoms. The number of aromatic nitrogens is 3. The Morgan fingerprint density at radius 1 is 1.53 bits per heavy atom. The molecule has 1 aliphatic heterocycles. The molecule has 1 aliphatic rings. The zero-order chi connectivity index (χ0) is 13.8. The summed E-state index contributed by atoms with van der Waals surface area (Å²) in [6, 6.07) is 0.254. The van der Waals surface area contributed by atoms with Crippen LogP contribution < -0.4 is 0 Å². The molecule has 1 fully saturated rings. The van der Waals surface area contributed by atoms with Gasteiger partial charge in [0.1, 0.15) is 12.2 Å². The molecule has 0 spiro atoms. The predicted molar refractivity (Wildman–Crippen MR) is 72.0 cm³/mol. The average molecular weight is 268 g/mol. The van der Waals surface area contributed by atoms with Gasteiger partial charge in [0.05, 0.1) is 18.8 Å². The maximum absolute atomic E-state index is 10.3. The number of rotatable bonds is 5. The molecular formula is C13H24N4O2. The Morgan fingerprint density at radius 2 is 2.32 bits per heavy atom. The molecule has 0 aromatic carbocycles. The van der Waals surface area contributed by atoms with E-state index in [9.17, 15) is 5.11 Å². The number of hydrogen-bond acceptors (Lipinski definition) is 5. The molecule has 19 heavy (non-hydrogen) atoms. The first-order valence-corrected chi connectivity index (χ1v) is 7.02. The van der Waals surface area contributed by atoms with Gasteiger partial charge in [0.25, 0.3) is 0 Å². The van der Waals surface area contributed by atoms with Gasteiger partial charge in [-0.05, 0) is 20.4 Å². The van der Waals surface area contributed by atoms with Gasteiger partial charge in [0.2, 0.25) is 0 Å². The summed E-state index contributed by atoms with van der Waals surface area (Å²) in [7, 11) is 0. The maximum Gasteiger partial charge on any atom is 0.138 e. The molecule has 2 heterocycles. The van der Waals surface area contributed by atoms with E-state index in [1.54, 1.807) is 6.33 Å². The minimum atomic E-state index is -0.531. The molecule has 0 aliphatic carbocycles. The zero-order valence-corrected chi connectivity index (χ0v) is 12.0. The van der Waals surface area contributed by atoms with Crippen molar-refractivity contribution in [3.05, 3.63) is 12.2 Å². The second-order valence-electron chi connectivity index (χ2n) is 5.29. The highest BCUT2D eigenvalue weighted by Gasteiger charge is 2.27. The molecule has 1 saturated heterocycles. The van der Waals surface area contributed by atoms with Crippen molar-refractivity contribution in [2.75, 3.05) is 26.2 Å². The molecule has 2 rings (SSSR count). The fourth-order valence-corrected chi connectivity index (χ4v) is 2.42. The summed E-state index contributed by atoms with van der Waals surface area (Å²) in [5, 5.41) is 14.5. The summed E-state index contributed by atoms with van der Waals surface area (Å²) in [5.74, 6) is 0.819. The van der Waals surface area contributed by atoms with Gasteiger partial charge in [0.15, 0.2) is 0 Å². The zero-order valence-electron chi connectivity index (χ0n) is 12.0. The molecule has 1 aromatic rings. The Morgan fingerprint density at radius 3 is 3.00 bits per heavy atom. The van der Waals surface area contributed by atoms with Gasteiger partial charge in [-0.25, -0.2) is 9.67 Å². The first-order valence-electron chi connectivity index (χ1n) is 7.02. The normalized spacial score (nSPS) is 22.9. The molecule has 108 valence electrons. The van der Waals surface area contributed by atoms with Crippen LogP contribution >= 0.6 is 0 Å². The number of morpholine rings is 1. The van der Waals surface area contributed by atoms with Gasteiger partial charge >= 0.3 is 0 Å². The molecule has 2 unspecified atom stereocenters. The van der Waals surface area contributed by atoms with Crippen LogP contribution in [0.3, 0.4) is 0 Å². The summed E-state index contributed by atoms with van der Waals surface area (Å²) in [4.78, 5) is 6.53. The van der Waals surface area contributed by atoms with E-state index in [4.69, 9.17) is 4.74 Å². The summed E-state index contributed by atoms with van der Waals surface area (Å²) in [6.07, 6.45) is 1.37. The highest BCUT2D eigenvalue weighted by molar-refractivity contribution is 4.92. The lowest BCUT2D eigenvalue weighted by Crippen LogP contribution is -2.48. The van der Waals surface area contributed by atoms with Gasteiger partial charge in [-0.2, -0.15) is 5.10 Å². The third-order valence-corrected chi connectivity index (χ3v) is 3.58. The van der Waals surface area contributed by atoms with Gasteiger partial charge in [-0.1, -0.05) is 6.92 Å². The smallest absolute Gasteiger partial charge is 0.138 e. The first-order chi connectivity index (χ1) is 9.11. The van der Waals surface area contributed by atoms with E-state index in [0.717, 1.165) is 25.5 Å². The van der Waals surface area contributed by atoms with Gasteiger partial charge < -0.3 is 9.84 Å². The van der Waals surface area contributed by atoms with Crippen LogP contribution in [0.25, 0.3) is 0 Å². The van der Waals surface area contributed by atoms with Gasteiger partial charge in [0, 0.05) is 25.6 Å². The van der Waals surface area contributed by atoms with Crippen molar-refractivity contribution in [1.29, 1.82) is 0 Å². The first kappa shape index (κ1) is 14.4. The van der Waals surface area contributed by atoms with Crippen molar-refractivity contribution in [1.82, 2.24) is 19.7 Å². The quantitative estimate of drug-likeness (QED) is 0.841. The van der Waals surface area contributed by atoms with Gasteiger partial charge in [-0.3, -0.25) is 4.90 Å². The Hall–Kier alpha value is -0.980. The largest absolute Gasteiger partial charge is 0.390 e. The molecular weight excluding hydrogens is 244 g/mol. The SMILES string of the molecule is CCN1CCOC(C(O)Cc2ncnn2C(C)C)C1. The van der Waals surface area contributed by atoms with Crippen molar-refractivity contribution in [3.63, 3.8) is 0 Å². The number of aliphatic hydroxyl groups excluding tert-OH is 1. The predicted octanol–water partition coefficient (Wildman–Crippen LogP) is 0.483. The highest BCUT2D eigenvalue weighted by atomic mass is 16.5. The minimum absolute atomic E-state index is 0.133. The van der Waals surface area contributed by atoms with Crippen molar-refractivity contribution >= 4 is 0 Å². The molecule has 1 aromatic heterocycles. The summed E-state index contributed by atoms with van der Waals surface area (Å²) in [6.45, 7) is 9.65. The average Bonchev–Trinajstić information content (AvgIpc) is 2.87. The van der Waals surface area contributed by atoms with E-state index in [2.05, 4.69) is 35.8 Å². The van der Waals surface area contributed by atoms with Crippen molar-refractivity contribution in [2.45, 2.75) is 45.4 Å². The second kappa shape index (κ2) is 6.45. The van der Waals surface area contributed by atoms with Crippen LogP contribution in [-0.2, 0) is 11.2 Å². The Labute approximate surface area is 114 Å². The van der Waals surface area contributed by atoms with Crippen LogP contribution in [0.1, 0.15) is 32.6 Å². The third kappa shape index (κ3) is 3.52. The van der Waals surface area contributed by atoms with Crippen LogP contribution in [0.4, 0.5) is 0 Å². The van der Waals surface area contributed by atoms with Crippen LogP contribution in [-0.4, -0.2) is 63.2 Å². The molecule has 0 amide bonds. The monoisotopic (exact) mass is 268 g/mol. The fourth-order valence-electron chi connectivity index (χ4n) is 2.42. The molecule has 0 radical (unpaired) electrons. The van der Waals surface area contributed by atoms with Crippen molar-refractivity contribution in [3.8, 4) is 0 Å². The van der Waals surface area contributed by atoms with Crippen LogP contribution in [0.15, 0.2) is 6.33 Å². The fraction of sp³-hybridized carbons (Fsp3) is 0.846. The van der Waals surface area contributed by atoms with E-state index < -0.39 is 6.10 Å². The summed E-state index contributed by atoms with van der Waals surface area (Å²) in [5.41, 5.74) is 0. The van der Waals surface area contributed by atoms with E-state index in [1.807, 2.05) is 4.68 Å².